The van der Waals surface area contributed by atoms with Gasteiger partial charge >= 0.3 is 0 Å². The molecule has 1 atom stereocenters. The van der Waals surface area contributed by atoms with Gasteiger partial charge in [-0.1, -0.05) is 72.4 Å². The molecule has 5 nitrogen and oxygen atoms in total. The Kier molecular flexibility index (Phi) is 4.41. The summed E-state index contributed by atoms with van der Waals surface area (Å²) in [6, 6.07) is 27.5. The van der Waals surface area contributed by atoms with E-state index in [1.807, 2.05) is 77.2 Å². The summed E-state index contributed by atoms with van der Waals surface area (Å²) in [5, 5.41) is 10.5. The van der Waals surface area contributed by atoms with Crippen LogP contribution in [-0.2, 0) is 0 Å². The summed E-state index contributed by atoms with van der Waals surface area (Å²) in [7, 11) is 0. The molecule has 142 valence electrons. The second kappa shape index (κ2) is 7.22. The van der Waals surface area contributed by atoms with Crippen molar-refractivity contribution in [3.8, 4) is 5.69 Å². The van der Waals surface area contributed by atoms with Crippen LogP contribution in [-0.4, -0.2) is 19.2 Å². The molecule has 5 rings (SSSR count). The lowest BCUT2D eigenvalue weighted by molar-refractivity contribution is 0.921. The van der Waals surface area contributed by atoms with E-state index in [4.69, 9.17) is 0 Å². The Bertz CT molecular complexity index is 1360. The molecule has 0 aliphatic carbocycles. The molecule has 3 aromatic carbocycles. The molecule has 0 unspecified atom stereocenters. The highest BCUT2D eigenvalue weighted by atomic mass is 32.2. The molecular formula is C23H18N4OS. The van der Waals surface area contributed by atoms with Gasteiger partial charge in [0.2, 0.25) is 5.78 Å². The number of nitrogens with zero attached hydrogens (tertiary/aromatic N) is 4. The minimum absolute atomic E-state index is 0.0978. The Morgan fingerprint density at radius 2 is 1.48 bits per heavy atom. The molecule has 5 aromatic rings. The van der Waals surface area contributed by atoms with E-state index in [9.17, 15) is 4.79 Å². The number of rotatable bonds is 4. The fourth-order valence-electron chi connectivity index (χ4n) is 3.52. The normalized spacial score (nSPS) is 12.4. The van der Waals surface area contributed by atoms with Crippen LogP contribution in [0.2, 0.25) is 0 Å². The lowest BCUT2D eigenvalue weighted by atomic mass is 10.2. The Morgan fingerprint density at radius 1 is 0.828 bits per heavy atom. The highest BCUT2D eigenvalue weighted by molar-refractivity contribution is 7.99. The lowest BCUT2D eigenvalue weighted by Crippen LogP contribution is -2.21. The third kappa shape index (κ3) is 3.02. The minimum Gasteiger partial charge on any atom is -0.268 e. The van der Waals surface area contributed by atoms with E-state index in [1.54, 1.807) is 16.3 Å². The van der Waals surface area contributed by atoms with Crippen LogP contribution in [0, 0.1) is 0 Å². The molecule has 0 spiro atoms. The van der Waals surface area contributed by atoms with E-state index in [0.717, 1.165) is 16.4 Å². The van der Waals surface area contributed by atoms with Crippen molar-refractivity contribution in [1.29, 1.82) is 0 Å². The molecule has 0 fully saturated rings. The van der Waals surface area contributed by atoms with Gasteiger partial charge in [-0.25, -0.2) is 4.57 Å². The predicted molar refractivity (Wildman–Crippen MR) is 117 cm³/mol. The first-order valence-corrected chi connectivity index (χ1v) is 10.3. The first-order chi connectivity index (χ1) is 14.2. The van der Waals surface area contributed by atoms with Crippen molar-refractivity contribution in [2.24, 2.45) is 0 Å². The minimum atomic E-state index is -0.0978. The SMILES string of the molecule is C[C@@H](Sc1nnc2n(-c3ccccc3)c(=O)c3ccccc3n12)c1ccccc1. The molecule has 29 heavy (non-hydrogen) atoms. The van der Waals surface area contributed by atoms with E-state index in [-0.39, 0.29) is 10.8 Å². The largest absolute Gasteiger partial charge is 0.268 e. The molecule has 0 aliphatic rings. The van der Waals surface area contributed by atoms with Crippen molar-refractivity contribution in [1.82, 2.24) is 19.2 Å². The van der Waals surface area contributed by atoms with Crippen LogP contribution in [0.25, 0.3) is 22.4 Å². The summed E-state index contributed by atoms with van der Waals surface area (Å²) >= 11 is 1.63. The molecule has 2 aromatic heterocycles. The molecule has 6 heteroatoms. The van der Waals surface area contributed by atoms with Gasteiger partial charge in [0.15, 0.2) is 5.16 Å². The zero-order valence-corrected chi connectivity index (χ0v) is 16.6. The van der Waals surface area contributed by atoms with Crippen molar-refractivity contribution in [3.63, 3.8) is 0 Å². The van der Waals surface area contributed by atoms with Crippen LogP contribution in [0.4, 0.5) is 0 Å². The van der Waals surface area contributed by atoms with Gasteiger partial charge in [-0.2, -0.15) is 0 Å². The summed E-state index contributed by atoms with van der Waals surface area (Å²) in [5.74, 6) is 0.516. The second-order valence-corrected chi connectivity index (χ2v) is 8.09. The number of thioether (sulfide) groups is 1. The van der Waals surface area contributed by atoms with Crippen LogP contribution in [0.3, 0.4) is 0 Å². The lowest BCUT2D eigenvalue weighted by Gasteiger charge is -2.13. The number of hydrogen-bond acceptors (Lipinski definition) is 4. The Hall–Kier alpha value is -3.38. The van der Waals surface area contributed by atoms with Crippen molar-refractivity contribution < 1.29 is 0 Å². The van der Waals surface area contributed by atoms with Crippen LogP contribution in [0.15, 0.2) is 94.9 Å². The van der Waals surface area contributed by atoms with Crippen molar-refractivity contribution >= 4 is 28.4 Å². The van der Waals surface area contributed by atoms with Crippen LogP contribution in [0.1, 0.15) is 17.7 Å². The maximum atomic E-state index is 13.3. The van der Waals surface area contributed by atoms with Gasteiger partial charge in [0.25, 0.3) is 5.56 Å². The summed E-state index contributed by atoms with van der Waals surface area (Å²) < 4.78 is 3.61. The fraction of sp³-hybridized carbons (Fsp3) is 0.0870. The third-order valence-corrected chi connectivity index (χ3v) is 6.06. The molecule has 0 amide bonds. The van der Waals surface area contributed by atoms with Gasteiger partial charge in [-0.05, 0) is 36.8 Å². The molecule has 0 aliphatic heterocycles. The molecule has 0 radical (unpaired) electrons. The van der Waals surface area contributed by atoms with E-state index in [2.05, 4.69) is 29.3 Å². The quantitative estimate of drug-likeness (QED) is 0.405. The Balaban J connectivity index is 1.76. The van der Waals surface area contributed by atoms with Gasteiger partial charge in [0.05, 0.1) is 16.6 Å². The number of benzene rings is 3. The van der Waals surface area contributed by atoms with Crippen molar-refractivity contribution in [3.05, 3.63) is 101 Å². The van der Waals surface area contributed by atoms with Gasteiger partial charge in [-0.3, -0.25) is 9.20 Å². The number of hydrogen-bond donors (Lipinski definition) is 0. The zero-order valence-electron chi connectivity index (χ0n) is 15.8. The molecule has 2 heterocycles. The highest BCUT2D eigenvalue weighted by Gasteiger charge is 2.19. The molecule has 0 saturated carbocycles. The third-order valence-electron chi connectivity index (χ3n) is 4.96. The van der Waals surface area contributed by atoms with Gasteiger partial charge in [-0.15, -0.1) is 10.2 Å². The smallest absolute Gasteiger partial charge is 0.267 e. The highest BCUT2D eigenvalue weighted by Crippen LogP contribution is 2.34. The maximum Gasteiger partial charge on any atom is 0.267 e. The Morgan fingerprint density at radius 3 is 2.24 bits per heavy atom. The van der Waals surface area contributed by atoms with E-state index >= 15 is 0 Å². The second-order valence-electron chi connectivity index (χ2n) is 6.78. The maximum absolute atomic E-state index is 13.3. The van der Waals surface area contributed by atoms with Crippen molar-refractivity contribution in [2.75, 3.05) is 0 Å². The monoisotopic (exact) mass is 398 g/mol. The van der Waals surface area contributed by atoms with E-state index in [1.165, 1.54) is 5.56 Å². The average molecular weight is 398 g/mol. The summed E-state index contributed by atoms with van der Waals surface area (Å²) in [6.45, 7) is 2.15. The zero-order chi connectivity index (χ0) is 19.8. The standard InChI is InChI=1S/C23H18N4OS/c1-16(17-10-4-2-5-11-17)29-23-25-24-22-26(18-12-6-3-7-13-18)21(28)19-14-8-9-15-20(19)27(22)23/h2-16H,1H3/t16-/m1/s1. The first kappa shape index (κ1) is 17.7. The fourth-order valence-corrected chi connectivity index (χ4v) is 4.50. The average Bonchev–Trinajstić information content (AvgIpc) is 3.18. The van der Waals surface area contributed by atoms with Crippen molar-refractivity contribution in [2.45, 2.75) is 17.3 Å². The molecule has 0 bridgehead atoms. The van der Waals surface area contributed by atoms with Crippen LogP contribution < -0.4 is 5.56 Å². The molecule has 0 saturated heterocycles. The summed E-state index contributed by atoms with van der Waals surface area (Å²) in [5.41, 5.74) is 2.70. The Labute approximate surface area is 171 Å². The molecule has 0 N–H and O–H groups in total. The van der Waals surface area contributed by atoms with Gasteiger partial charge in [0.1, 0.15) is 0 Å². The van der Waals surface area contributed by atoms with E-state index in [0.29, 0.717) is 11.2 Å². The van der Waals surface area contributed by atoms with Crippen LogP contribution in [0.5, 0.6) is 0 Å². The summed E-state index contributed by atoms with van der Waals surface area (Å²) in [4.78, 5) is 13.3. The van der Waals surface area contributed by atoms with Gasteiger partial charge < -0.3 is 0 Å². The van der Waals surface area contributed by atoms with Gasteiger partial charge in [0, 0.05) is 5.25 Å². The topological polar surface area (TPSA) is 52.2 Å². The first-order valence-electron chi connectivity index (χ1n) is 9.40. The van der Waals surface area contributed by atoms with E-state index < -0.39 is 0 Å². The number of fused-ring (bicyclic) bond motifs is 3. The predicted octanol–water partition coefficient (Wildman–Crippen LogP) is 4.89. The molecular weight excluding hydrogens is 380 g/mol. The summed E-state index contributed by atoms with van der Waals surface area (Å²) in [6.07, 6.45) is 0. The van der Waals surface area contributed by atoms with Crippen LogP contribution >= 0.6 is 11.8 Å². The number of para-hydroxylation sites is 2. The number of aromatic nitrogens is 4.